The Labute approximate surface area is 126 Å². The Balaban J connectivity index is 1.66. The van der Waals surface area contributed by atoms with Gasteiger partial charge >= 0.3 is 0 Å². The van der Waals surface area contributed by atoms with Crippen molar-refractivity contribution in [3.05, 3.63) is 30.1 Å². The minimum atomic E-state index is 0.223. The maximum Gasteiger partial charge on any atom is 0.222 e. The van der Waals surface area contributed by atoms with Gasteiger partial charge in [-0.2, -0.15) is 0 Å². The van der Waals surface area contributed by atoms with Crippen LogP contribution in [0.4, 0.5) is 0 Å². The molecule has 0 aliphatic carbocycles. The molecule has 1 saturated heterocycles. The van der Waals surface area contributed by atoms with Gasteiger partial charge in [-0.05, 0) is 44.4 Å². The smallest absolute Gasteiger partial charge is 0.222 e. The molecule has 1 aromatic rings. The highest BCUT2D eigenvalue weighted by molar-refractivity contribution is 5.76. The number of piperidine rings is 1. The Hall–Kier alpha value is -1.46. The van der Waals surface area contributed by atoms with Crippen molar-refractivity contribution in [1.82, 2.24) is 9.88 Å². The summed E-state index contributed by atoms with van der Waals surface area (Å²) in [4.78, 5) is 18.4. The second-order valence-electron chi connectivity index (χ2n) is 5.41. The van der Waals surface area contributed by atoms with Crippen molar-refractivity contribution >= 4 is 5.91 Å². The van der Waals surface area contributed by atoms with Crippen LogP contribution in [0, 0.1) is 0 Å². The number of nitrogens with zero attached hydrogens (tertiary/aromatic N) is 2. The van der Waals surface area contributed by atoms with Gasteiger partial charge in [-0.1, -0.05) is 6.07 Å². The summed E-state index contributed by atoms with van der Waals surface area (Å²) >= 11 is 0. The zero-order valence-corrected chi connectivity index (χ0v) is 12.5. The summed E-state index contributed by atoms with van der Waals surface area (Å²) in [5.41, 5.74) is 6.43. The van der Waals surface area contributed by atoms with E-state index in [-0.39, 0.29) is 12.0 Å². The molecule has 0 spiro atoms. The van der Waals surface area contributed by atoms with Crippen LogP contribution in [0.5, 0.6) is 0 Å². The first-order valence-corrected chi connectivity index (χ1v) is 7.79. The number of rotatable bonds is 7. The Kier molecular flexibility index (Phi) is 6.63. The molecule has 1 fully saturated rings. The van der Waals surface area contributed by atoms with Crippen LogP contribution in [-0.2, 0) is 16.0 Å². The standard InChI is InChI=1S/C16H25N3O2/c17-9-3-13-21-15-7-11-19(12-8-15)16(20)6-5-14-4-1-2-10-18-14/h1-2,4,10,15H,3,5-9,11-13,17H2. The van der Waals surface area contributed by atoms with E-state index < -0.39 is 0 Å². The molecule has 2 rings (SSSR count). The molecule has 116 valence electrons. The second kappa shape index (κ2) is 8.74. The normalized spacial score (nSPS) is 16.1. The predicted octanol–water partition coefficient (Wildman–Crippen LogP) is 1.37. The lowest BCUT2D eigenvalue weighted by atomic mass is 10.1. The van der Waals surface area contributed by atoms with E-state index in [4.69, 9.17) is 10.5 Å². The molecule has 1 aliphatic rings. The van der Waals surface area contributed by atoms with E-state index in [1.807, 2.05) is 23.1 Å². The third kappa shape index (κ3) is 5.44. The third-order valence-electron chi connectivity index (χ3n) is 3.82. The van der Waals surface area contributed by atoms with Crippen molar-refractivity contribution < 1.29 is 9.53 Å². The molecule has 0 saturated carbocycles. The van der Waals surface area contributed by atoms with E-state index in [9.17, 15) is 4.79 Å². The number of hydrogen-bond donors (Lipinski definition) is 1. The van der Waals surface area contributed by atoms with Gasteiger partial charge in [-0.25, -0.2) is 0 Å². The first-order chi connectivity index (χ1) is 10.3. The number of carbonyl (C=O) groups excluding carboxylic acids is 1. The maximum atomic E-state index is 12.2. The van der Waals surface area contributed by atoms with Crippen molar-refractivity contribution in [1.29, 1.82) is 0 Å². The van der Waals surface area contributed by atoms with Gasteiger partial charge in [-0.15, -0.1) is 0 Å². The van der Waals surface area contributed by atoms with Crippen LogP contribution in [0.15, 0.2) is 24.4 Å². The fraction of sp³-hybridized carbons (Fsp3) is 0.625. The Bertz CT molecular complexity index is 417. The first kappa shape index (κ1) is 15.9. The fourth-order valence-corrected chi connectivity index (χ4v) is 2.54. The van der Waals surface area contributed by atoms with E-state index in [0.717, 1.165) is 44.7 Å². The lowest BCUT2D eigenvalue weighted by molar-refractivity contribution is -0.133. The highest BCUT2D eigenvalue weighted by Crippen LogP contribution is 2.15. The van der Waals surface area contributed by atoms with Crippen LogP contribution in [-0.4, -0.2) is 48.1 Å². The Morgan fingerprint density at radius 3 is 2.86 bits per heavy atom. The first-order valence-electron chi connectivity index (χ1n) is 7.79. The lowest BCUT2D eigenvalue weighted by Crippen LogP contribution is -2.41. The topological polar surface area (TPSA) is 68.5 Å². The molecule has 1 amide bonds. The van der Waals surface area contributed by atoms with Gasteiger partial charge in [-0.3, -0.25) is 9.78 Å². The number of aromatic nitrogens is 1. The van der Waals surface area contributed by atoms with Crippen LogP contribution < -0.4 is 5.73 Å². The quantitative estimate of drug-likeness (QED) is 0.770. The third-order valence-corrected chi connectivity index (χ3v) is 3.82. The molecule has 5 heteroatoms. The van der Waals surface area contributed by atoms with E-state index in [1.54, 1.807) is 6.20 Å². The van der Waals surface area contributed by atoms with Crippen molar-refractivity contribution in [2.45, 2.75) is 38.2 Å². The fourth-order valence-electron chi connectivity index (χ4n) is 2.54. The molecule has 0 aromatic carbocycles. The molecule has 0 unspecified atom stereocenters. The molecule has 1 aliphatic heterocycles. The summed E-state index contributed by atoms with van der Waals surface area (Å²) in [7, 11) is 0. The number of ether oxygens (including phenoxy) is 1. The molecule has 0 atom stereocenters. The van der Waals surface area contributed by atoms with Crippen LogP contribution >= 0.6 is 0 Å². The van der Waals surface area contributed by atoms with Gasteiger partial charge in [0.2, 0.25) is 5.91 Å². The van der Waals surface area contributed by atoms with Gasteiger partial charge in [0.15, 0.2) is 0 Å². The lowest BCUT2D eigenvalue weighted by Gasteiger charge is -2.32. The number of likely N-dealkylation sites (tertiary alicyclic amines) is 1. The molecule has 2 N–H and O–H groups in total. The number of aryl methyl sites for hydroxylation is 1. The summed E-state index contributed by atoms with van der Waals surface area (Å²) < 4.78 is 5.75. The summed E-state index contributed by atoms with van der Waals surface area (Å²) in [6, 6.07) is 5.81. The van der Waals surface area contributed by atoms with Gasteiger partial charge in [0, 0.05) is 38.0 Å². The largest absolute Gasteiger partial charge is 0.378 e. The zero-order valence-electron chi connectivity index (χ0n) is 12.5. The van der Waals surface area contributed by atoms with Crippen molar-refractivity contribution in [2.75, 3.05) is 26.2 Å². The second-order valence-corrected chi connectivity index (χ2v) is 5.41. The minimum Gasteiger partial charge on any atom is -0.378 e. The molecular formula is C16H25N3O2. The zero-order chi connectivity index (χ0) is 14.9. The number of nitrogens with two attached hydrogens (primary N) is 1. The SMILES string of the molecule is NCCCOC1CCN(C(=O)CCc2ccccn2)CC1. The van der Waals surface area contributed by atoms with E-state index in [1.165, 1.54) is 0 Å². The van der Waals surface area contributed by atoms with Gasteiger partial charge in [0.1, 0.15) is 0 Å². The molecule has 0 radical (unpaired) electrons. The van der Waals surface area contributed by atoms with Crippen molar-refractivity contribution in [2.24, 2.45) is 5.73 Å². The average molecular weight is 291 g/mol. The van der Waals surface area contributed by atoms with Crippen molar-refractivity contribution in [3.63, 3.8) is 0 Å². The van der Waals surface area contributed by atoms with Crippen LogP contribution in [0.2, 0.25) is 0 Å². The number of pyridine rings is 1. The molecular weight excluding hydrogens is 266 g/mol. The summed E-state index contributed by atoms with van der Waals surface area (Å²) in [5, 5.41) is 0. The highest BCUT2D eigenvalue weighted by atomic mass is 16.5. The maximum absolute atomic E-state index is 12.2. The van der Waals surface area contributed by atoms with Gasteiger partial charge in [0.25, 0.3) is 0 Å². The van der Waals surface area contributed by atoms with Crippen LogP contribution in [0.25, 0.3) is 0 Å². The van der Waals surface area contributed by atoms with Gasteiger partial charge < -0.3 is 15.4 Å². The number of carbonyl (C=O) groups is 1. The molecule has 2 heterocycles. The van der Waals surface area contributed by atoms with Crippen LogP contribution in [0.3, 0.4) is 0 Å². The average Bonchev–Trinajstić information content (AvgIpc) is 2.54. The minimum absolute atomic E-state index is 0.223. The summed E-state index contributed by atoms with van der Waals surface area (Å²) in [5.74, 6) is 0.223. The Morgan fingerprint density at radius 1 is 1.38 bits per heavy atom. The van der Waals surface area contributed by atoms with Crippen molar-refractivity contribution in [3.8, 4) is 0 Å². The molecule has 5 nitrogen and oxygen atoms in total. The predicted molar refractivity (Wildman–Crippen MR) is 81.8 cm³/mol. The van der Waals surface area contributed by atoms with E-state index in [0.29, 0.717) is 19.4 Å². The highest BCUT2D eigenvalue weighted by Gasteiger charge is 2.22. The summed E-state index contributed by atoms with van der Waals surface area (Å²) in [6.07, 6.45) is 6.08. The number of amides is 1. The number of hydrogen-bond acceptors (Lipinski definition) is 4. The van der Waals surface area contributed by atoms with Crippen LogP contribution in [0.1, 0.15) is 31.4 Å². The van der Waals surface area contributed by atoms with E-state index >= 15 is 0 Å². The molecule has 0 bridgehead atoms. The summed E-state index contributed by atoms with van der Waals surface area (Å²) in [6.45, 7) is 3.00. The monoisotopic (exact) mass is 291 g/mol. The molecule has 1 aromatic heterocycles. The van der Waals surface area contributed by atoms with Gasteiger partial charge in [0.05, 0.1) is 6.10 Å². The van der Waals surface area contributed by atoms with E-state index in [2.05, 4.69) is 4.98 Å². The Morgan fingerprint density at radius 2 is 2.19 bits per heavy atom. The molecule has 21 heavy (non-hydrogen) atoms.